The van der Waals surface area contributed by atoms with E-state index in [0.717, 1.165) is 5.56 Å². The molecule has 1 atom stereocenters. The van der Waals surface area contributed by atoms with Crippen LogP contribution in [0.25, 0.3) is 22.1 Å². The highest BCUT2D eigenvalue weighted by atomic mass is 16.5. The third-order valence-electron chi connectivity index (χ3n) is 4.59. The first kappa shape index (κ1) is 18.7. The molecule has 0 aliphatic rings. The fourth-order valence-corrected chi connectivity index (χ4v) is 2.63. The zero-order chi connectivity index (χ0) is 19.4. The van der Waals surface area contributed by atoms with E-state index in [4.69, 9.17) is 9.15 Å². The quantitative estimate of drug-likeness (QED) is 0.717. The molecule has 3 aromatic rings. The lowest BCUT2D eigenvalue weighted by atomic mass is 10.1. The summed E-state index contributed by atoms with van der Waals surface area (Å²) in [5, 5.41) is 3.36. The van der Waals surface area contributed by atoms with Crippen molar-refractivity contribution in [3.05, 3.63) is 65.0 Å². The summed E-state index contributed by atoms with van der Waals surface area (Å²) in [5.74, 6) is 0.644. The van der Waals surface area contributed by atoms with Gasteiger partial charge in [-0.25, -0.2) is 0 Å². The third-order valence-corrected chi connectivity index (χ3v) is 4.59. The van der Waals surface area contributed by atoms with Crippen molar-refractivity contribution in [1.29, 1.82) is 0 Å². The Hall–Kier alpha value is -3.08. The van der Waals surface area contributed by atoms with Gasteiger partial charge in [0, 0.05) is 12.1 Å². The van der Waals surface area contributed by atoms with Crippen molar-refractivity contribution in [1.82, 2.24) is 5.32 Å². The number of amides is 1. The van der Waals surface area contributed by atoms with Crippen LogP contribution < -0.4 is 15.5 Å². The summed E-state index contributed by atoms with van der Waals surface area (Å²) in [7, 11) is 0. The molecular weight excluding hydrogens is 342 g/mol. The predicted molar refractivity (Wildman–Crippen MR) is 106 cm³/mol. The van der Waals surface area contributed by atoms with Crippen LogP contribution in [0.3, 0.4) is 0 Å². The van der Waals surface area contributed by atoms with Crippen LogP contribution in [-0.2, 0) is 4.79 Å². The van der Waals surface area contributed by atoms with Crippen LogP contribution in [0, 0.1) is 5.92 Å². The Morgan fingerprint density at radius 1 is 1.11 bits per heavy atom. The Bertz CT molecular complexity index is 992. The van der Waals surface area contributed by atoms with Crippen LogP contribution in [0.2, 0.25) is 0 Å². The highest BCUT2D eigenvalue weighted by Crippen LogP contribution is 2.23. The van der Waals surface area contributed by atoms with Gasteiger partial charge >= 0.3 is 0 Å². The summed E-state index contributed by atoms with van der Waals surface area (Å²) < 4.78 is 11.2. The van der Waals surface area contributed by atoms with Gasteiger partial charge in [0.05, 0.1) is 10.9 Å². The summed E-state index contributed by atoms with van der Waals surface area (Å²) in [6.07, 6.45) is 1.46. The van der Waals surface area contributed by atoms with Gasteiger partial charge in [-0.3, -0.25) is 9.59 Å². The number of ether oxygens (including phenoxy) is 1. The molecule has 1 N–H and O–H groups in total. The van der Waals surface area contributed by atoms with E-state index in [1.165, 1.54) is 6.26 Å². The number of carbonyl (C=O) groups excluding carboxylic acids is 1. The second-order valence-corrected chi connectivity index (χ2v) is 6.89. The second kappa shape index (κ2) is 8.08. The summed E-state index contributed by atoms with van der Waals surface area (Å²) in [5.41, 5.74) is 1.65. The number of hydrogen-bond acceptors (Lipinski definition) is 4. The molecule has 0 saturated carbocycles. The van der Waals surface area contributed by atoms with E-state index >= 15 is 0 Å². The minimum atomic E-state index is -0.183. The van der Waals surface area contributed by atoms with Gasteiger partial charge in [-0.1, -0.05) is 44.2 Å². The molecule has 1 heterocycles. The Balaban J connectivity index is 1.77. The number of fused-ring (bicyclic) bond motifs is 1. The Kier molecular flexibility index (Phi) is 5.60. The van der Waals surface area contributed by atoms with E-state index in [-0.39, 0.29) is 24.0 Å². The minimum absolute atomic E-state index is 0.0760. The number of benzene rings is 2. The largest absolute Gasteiger partial charge is 0.484 e. The predicted octanol–water partition coefficient (Wildman–Crippen LogP) is 4.00. The standard InChI is InChI=1S/C22H23NO4/c1-14(2)15(3)23-21(24)13-26-17-9-10-18-20(11-17)27-12-19(22(18)25)16-7-5-4-6-8-16/h4-12,14-15H,13H2,1-3H3,(H,23,24)/t15-/m0/s1. The summed E-state index contributed by atoms with van der Waals surface area (Å²) >= 11 is 0. The SMILES string of the molecule is CC(C)[C@H](C)NC(=O)COc1ccc2c(=O)c(-c3ccccc3)coc2c1. The van der Waals surface area contributed by atoms with Crippen molar-refractivity contribution in [3.63, 3.8) is 0 Å². The van der Waals surface area contributed by atoms with E-state index in [2.05, 4.69) is 5.32 Å². The molecule has 1 amide bonds. The minimum Gasteiger partial charge on any atom is -0.484 e. The summed E-state index contributed by atoms with van der Waals surface area (Å²) in [6.45, 7) is 5.95. The molecule has 0 radical (unpaired) electrons. The fraction of sp³-hybridized carbons (Fsp3) is 0.273. The van der Waals surface area contributed by atoms with Crippen molar-refractivity contribution in [2.24, 2.45) is 5.92 Å². The first-order chi connectivity index (χ1) is 13.0. The van der Waals surface area contributed by atoms with Gasteiger partial charge in [0.25, 0.3) is 5.91 Å². The molecule has 5 nitrogen and oxygen atoms in total. The molecule has 0 unspecified atom stereocenters. The number of hydrogen-bond donors (Lipinski definition) is 1. The van der Waals surface area contributed by atoms with Crippen molar-refractivity contribution in [2.45, 2.75) is 26.8 Å². The first-order valence-electron chi connectivity index (χ1n) is 8.99. The molecule has 0 saturated heterocycles. The van der Waals surface area contributed by atoms with Crippen molar-refractivity contribution < 1.29 is 13.9 Å². The van der Waals surface area contributed by atoms with Gasteiger partial charge in [-0.2, -0.15) is 0 Å². The average Bonchev–Trinajstić information content (AvgIpc) is 2.67. The number of carbonyl (C=O) groups is 1. The molecule has 3 rings (SSSR count). The van der Waals surface area contributed by atoms with E-state index in [1.54, 1.807) is 18.2 Å². The first-order valence-corrected chi connectivity index (χ1v) is 8.99. The molecule has 0 aliphatic carbocycles. The molecule has 0 fully saturated rings. The van der Waals surface area contributed by atoms with Crippen molar-refractivity contribution in [3.8, 4) is 16.9 Å². The normalized spacial score (nSPS) is 12.1. The maximum atomic E-state index is 12.7. The highest BCUT2D eigenvalue weighted by Gasteiger charge is 2.13. The Morgan fingerprint density at radius 3 is 2.56 bits per heavy atom. The number of rotatable bonds is 6. The molecule has 0 bridgehead atoms. The van der Waals surface area contributed by atoms with Crippen molar-refractivity contribution >= 4 is 16.9 Å². The van der Waals surface area contributed by atoms with Gasteiger partial charge in [0.1, 0.15) is 17.6 Å². The molecule has 0 aliphatic heterocycles. The van der Waals surface area contributed by atoms with Gasteiger partial charge < -0.3 is 14.5 Å². The fourth-order valence-electron chi connectivity index (χ4n) is 2.63. The highest BCUT2D eigenvalue weighted by molar-refractivity contribution is 5.83. The van der Waals surface area contributed by atoms with Crippen LogP contribution in [0.4, 0.5) is 0 Å². The maximum Gasteiger partial charge on any atom is 0.258 e. The van der Waals surface area contributed by atoms with Gasteiger partial charge in [-0.05, 0) is 30.5 Å². The van der Waals surface area contributed by atoms with E-state index in [9.17, 15) is 9.59 Å². The second-order valence-electron chi connectivity index (χ2n) is 6.89. The van der Waals surface area contributed by atoms with E-state index in [1.807, 2.05) is 51.1 Å². The average molecular weight is 365 g/mol. The van der Waals surface area contributed by atoms with Crippen LogP contribution >= 0.6 is 0 Å². The molecule has 5 heteroatoms. The van der Waals surface area contributed by atoms with Crippen LogP contribution in [0.1, 0.15) is 20.8 Å². The van der Waals surface area contributed by atoms with Gasteiger partial charge in [-0.15, -0.1) is 0 Å². The monoisotopic (exact) mass is 365 g/mol. The maximum absolute atomic E-state index is 12.7. The van der Waals surface area contributed by atoms with E-state index < -0.39 is 0 Å². The molecule has 2 aromatic carbocycles. The lowest BCUT2D eigenvalue weighted by molar-refractivity contribution is -0.124. The molecule has 27 heavy (non-hydrogen) atoms. The Morgan fingerprint density at radius 2 is 1.85 bits per heavy atom. The van der Waals surface area contributed by atoms with Crippen molar-refractivity contribution in [2.75, 3.05) is 6.61 Å². The summed E-state index contributed by atoms with van der Waals surface area (Å²) in [4.78, 5) is 24.7. The topological polar surface area (TPSA) is 68.5 Å². The number of nitrogens with one attached hydrogen (secondary N) is 1. The zero-order valence-corrected chi connectivity index (χ0v) is 15.7. The molecular formula is C22H23NO4. The smallest absolute Gasteiger partial charge is 0.258 e. The summed E-state index contributed by atoms with van der Waals surface area (Å²) in [6, 6.07) is 14.4. The molecule has 0 spiro atoms. The van der Waals surface area contributed by atoms with Crippen LogP contribution in [-0.4, -0.2) is 18.6 Å². The van der Waals surface area contributed by atoms with Gasteiger partial charge in [0.15, 0.2) is 12.0 Å². The lowest BCUT2D eigenvalue weighted by Gasteiger charge is -2.17. The lowest BCUT2D eigenvalue weighted by Crippen LogP contribution is -2.38. The zero-order valence-electron chi connectivity index (χ0n) is 15.7. The van der Waals surface area contributed by atoms with Crippen LogP contribution in [0.5, 0.6) is 5.75 Å². The molecule has 140 valence electrons. The Labute approximate surface area is 158 Å². The van der Waals surface area contributed by atoms with E-state index in [0.29, 0.717) is 28.2 Å². The van der Waals surface area contributed by atoms with Gasteiger partial charge in [0.2, 0.25) is 0 Å². The molecule has 1 aromatic heterocycles. The van der Waals surface area contributed by atoms with Crippen LogP contribution in [0.15, 0.2) is 64.0 Å². The third kappa shape index (κ3) is 4.37.